The lowest BCUT2D eigenvalue weighted by atomic mass is 10.1. The summed E-state index contributed by atoms with van der Waals surface area (Å²) in [7, 11) is 0. The maximum Gasteiger partial charge on any atom is 0.328 e. The Morgan fingerprint density at radius 3 is 3.05 bits per heavy atom. The number of nitrogens with zero attached hydrogens (tertiary/aromatic N) is 1. The minimum atomic E-state index is -0.558. The third kappa shape index (κ3) is 2.20. The molecule has 20 heavy (non-hydrogen) atoms. The summed E-state index contributed by atoms with van der Waals surface area (Å²) in [6.45, 7) is 2.38. The number of aromatic nitrogens is 2. The summed E-state index contributed by atoms with van der Waals surface area (Å²) < 4.78 is 7.17. The number of nitrogens with one attached hydrogen (secondary N) is 1. The highest BCUT2D eigenvalue weighted by atomic mass is 16.5. The van der Waals surface area contributed by atoms with E-state index in [9.17, 15) is 9.59 Å². The SMILES string of the molecule is Cc1ccc2c(c1)CC(Cn1cc(N)c(=O)[nH]c1=O)O2. The van der Waals surface area contributed by atoms with Crippen molar-refractivity contribution in [2.75, 3.05) is 5.73 Å². The van der Waals surface area contributed by atoms with Gasteiger partial charge in [-0.25, -0.2) is 4.79 Å². The minimum absolute atomic E-state index is 0.0240. The molecule has 0 radical (unpaired) electrons. The van der Waals surface area contributed by atoms with Crippen LogP contribution < -0.4 is 21.7 Å². The minimum Gasteiger partial charge on any atom is -0.488 e. The Balaban J connectivity index is 1.83. The van der Waals surface area contributed by atoms with Gasteiger partial charge in [0.25, 0.3) is 5.56 Å². The molecule has 1 unspecified atom stereocenters. The van der Waals surface area contributed by atoms with E-state index in [-0.39, 0.29) is 11.8 Å². The summed E-state index contributed by atoms with van der Waals surface area (Å²) in [5.74, 6) is 0.853. The van der Waals surface area contributed by atoms with Crippen LogP contribution in [0, 0.1) is 6.92 Å². The molecule has 2 heterocycles. The highest BCUT2D eigenvalue weighted by Gasteiger charge is 2.23. The Labute approximate surface area is 114 Å². The predicted molar refractivity (Wildman–Crippen MR) is 75.0 cm³/mol. The molecule has 0 saturated heterocycles. The Kier molecular flexibility index (Phi) is 2.85. The summed E-state index contributed by atoms with van der Waals surface area (Å²) in [5, 5.41) is 0. The van der Waals surface area contributed by atoms with Crippen molar-refractivity contribution in [1.82, 2.24) is 9.55 Å². The number of nitrogen functional groups attached to an aromatic ring is 1. The van der Waals surface area contributed by atoms with E-state index in [1.165, 1.54) is 16.3 Å². The van der Waals surface area contributed by atoms with Crippen LogP contribution in [0.3, 0.4) is 0 Å². The van der Waals surface area contributed by atoms with Crippen molar-refractivity contribution in [3.63, 3.8) is 0 Å². The first-order valence-electron chi connectivity index (χ1n) is 6.38. The third-order valence-corrected chi connectivity index (χ3v) is 3.40. The molecule has 0 aliphatic carbocycles. The molecule has 1 aliphatic rings. The van der Waals surface area contributed by atoms with Crippen LogP contribution in [-0.2, 0) is 13.0 Å². The lowest BCUT2D eigenvalue weighted by molar-refractivity contribution is 0.207. The average Bonchev–Trinajstić information content (AvgIpc) is 2.77. The van der Waals surface area contributed by atoms with E-state index >= 15 is 0 Å². The number of hydrogen-bond donors (Lipinski definition) is 2. The Morgan fingerprint density at radius 2 is 2.25 bits per heavy atom. The topological polar surface area (TPSA) is 90.1 Å². The van der Waals surface area contributed by atoms with Gasteiger partial charge in [-0.05, 0) is 18.6 Å². The number of hydrogen-bond acceptors (Lipinski definition) is 4. The summed E-state index contributed by atoms with van der Waals surface area (Å²) in [6.07, 6.45) is 1.97. The van der Waals surface area contributed by atoms with Crippen LogP contribution in [0.5, 0.6) is 5.75 Å². The van der Waals surface area contributed by atoms with Gasteiger partial charge in [0.1, 0.15) is 17.5 Å². The zero-order chi connectivity index (χ0) is 14.3. The van der Waals surface area contributed by atoms with Crippen LogP contribution in [0.4, 0.5) is 5.69 Å². The van der Waals surface area contributed by atoms with E-state index in [4.69, 9.17) is 10.5 Å². The zero-order valence-electron chi connectivity index (χ0n) is 11.1. The number of aryl methyl sites for hydroxylation is 1. The van der Waals surface area contributed by atoms with Gasteiger partial charge in [-0.15, -0.1) is 0 Å². The third-order valence-electron chi connectivity index (χ3n) is 3.40. The van der Waals surface area contributed by atoms with Gasteiger partial charge in [0, 0.05) is 12.6 Å². The second-order valence-corrected chi connectivity index (χ2v) is 5.05. The normalized spacial score (nSPS) is 16.8. The van der Waals surface area contributed by atoms with Crippen LogP contribution in [0.2, 0.25) is 0 Å². The van der Waals surface area contributed by atoms with Crippen LogP contribution >= 0.6 is 0 Å². The van der Waals surface area contributed by atoms with Crippen LogP contribution in [0.25, 0.3) is 0 Å². The number of ether oxygens (including phenoxy) is 1. The van der Waals surface area contributed by atoms with Crippen molar-refractivity contribution < 1.29 is 4.74 Å². The molecule has 0 fully saturated rings. The fourth-order valence-electron chi connectivity index (χ4n) is 2.43. The van der Waals surface area contributed by atoms with E-state index in [1.54, 1.807) is 0 Å². The van der Waals surface area contributed by atoms with Crippen LogP contribution in [-0.4, -0.2) is 15.7 Å². The number of rotatable bonds is 2. The van der Waals surface area contributed by atoms with Gasteiger partial charge in [-0.2, -0.15) is 0 Å². The molecule has 0 spiro atoms. The van der Waals surface area contributed by atoms with Gasteiger partial charge in [0.2, 0.25) is 0 Å². The van der Waals surface area contributed by atoms with E-state index in [0.29, 0.717) is 6.54 Å². The number of benzene rings is 1. The van der Waals surface area contributed by atoms with E-state index < -0.39 is 11.2 Å². The second kappa shape index (κ2) is 4.56. The van der Waals surface area contributed by atoms with Gasteiger partial charge in [-0.1, -0.05) is 17.7 Å². The maximum atomic E-state index is 11.7. The summed E-state index contributed by atoms with van der Waals surface area (Å²) >= 11 is 0. The molecule has 0 bridgehead atoms. The zero-order valence-corrected chi connectivity index (χ0v) is 11.1. The van der Waals surface area contributed by atoms with Crippen LogP contribution in [0.1, 0.15) is 11.1 Å². The molecule has 0 saturated carbocycles. The fourth-order valence-corrected chi connectivity index (χ4v) is 2.43. The van der Waals surface area contributed by atoms with Crippen molar-refractivity contribution in [2.24, 2.45) is 0 Å². The number of fused-ring (bicyclic) bond motifs is 1. The quantitative estimate of drug-likeness (QED) is 0.830. The standard InChI is InChI=1S/C14H15N3O3/c1-8-2-3-12-9(4-8)5-10(20-12)6-17-7-11(15)13(18)16-14(17)19/h2-4,7,10H,5-6,15H2,1H3,(H,16,18,19). The fraction of sp³-hybridized carbons (Fsp3) is 0.286. The summed E-state index contributed by atoms with van der Waals surface area (Å²) in [4.78, 5) is 25.1. The largest absolute Gasteiger partial charge is 0.488 e. The molecule has 3 rings (SSSR count). The van der Waals surface area contributed by atoms with Gasteiger partial charge >= 0.3 is 5.69 Å². The van der Waals surface area contributed by atoms with Crippen molar-refractivity contribution >= 4 is 5.69 Å². The van der Waals surface area contributed by atoms with Crippen molar-refractivity contribution in [3.8, 4) is 5.75 Å². The van der Waals surface area contributed by atoms with E-state index in [0.717, 1.165) is 17.7 Å². The highest BCUT2D eigenvalue weighted by molar-refractivity contribution is 5.40. The Hall–Kier alpha value is -2.50. The molecule has 1 aliphatic heterocycles. The lowest BCUT2D eigenvalue weighted by Crippen LogP contribution is -2.35. The molecular formula is C14H15N3O3. The van der Waals surface area contributed by atoms with Gasteiger partial charge < -0.3 is 10.5 Å². The molecule has 0 amide bonds. The molecule has 6 heteroatoms. The molecule has 1 aromatic carbocycles. The molecule has 2 aromatic rings. The van der Waals surface area contributed by atoms with Gasteiger partial charge in [0.05, 0.1) is 6.54 Å². The Bertz CT molecular complexity index is 776. The molecule has 1 atom stereocenters. The maximum absolute atomic E-state index is 11.7. The smallest absolute Gasteiger partial charge is 0.328 e. The highest BCUT2D eigenvalue weighted by Crippen LogP contribution is 2.29. The van der Waals surface area contributed by atoms with E-state index in [2.05, 4.69) is 11.1 Å². The number of H-pyrrole nitrogens is 1. The molecule has 104 valence electrons. The molecule has 3 N–H and O–H groups in total. The predicted octanol–water partition coefficient (Wildman–Crippen LogP) is 0.431. The molecule has 1 aromatic heterocycles. The first-order chi connectivity index (χ1) is 9.52. The van der Waals surface area contributed by atoms with Gasteiger partial charge in [-0.3, -0.25) is 14.3 Å². The first-order valence-corrected chi connectivity index (χ1v) is 6.38. The molecular weight excluding hydrogens is 258 g/mol. The van der Waals surface area contributed by atoms with E-state index in [1.807, 2.05) is 19.1 Å². The monoisotopic (exact) mass is 273 g/mol. The summed E-state index contributed by atoms with van der Waals surface area (Å²) in [6, 6.07) is 6.01. The van der Waals surface area contributed by atoms with Crippen molar-refractivity contribution in [3.05, 3.63) is 56.4 Å². The summed E-state index contributed by atoms with van der Waals surface area (Å²) in [5.41, 5.74) is 6.84. The number of aromatic amines is 1. The first kappa shape index (κ1) is 12.5. The Morgan fingerprint density at radius 1 is 1.45 bits per heavy atom. The van der Waals surface area contributed by atoms with Crippen molar-refractivity contribution in [1.29, 1.82) is 0 Å². The van der Waals surface area contributed by atoms with Gasteiger partial charge in [0.15, 0.2) is 0 Å². The molecule has 6 nitrogen and oxygen atoms in total. The number of anilines is 1. The number of nitrogens with two attached hydrogens (primary N) is 1. The lowest BCUT2D eigenvalue weighted by Gasteiger charge is -2.12. The second-order valence-electron chi connectivity index (χ2n) is 5.05. The van der Waals surface area contributed by atoms with Crippen LogP contribution in [0.15, 0.2) is 34.0 Å². The van der Waals surface area contributed by atoms with Crippen molar-refractivity contribution in [2.45, 2.75) is 26.0 Å². The average molecular weight is 273 g/mol.